The molecule has 0 aliphatic rings. The van der Waals surface area contributed by atoms with Crippen molar-refractivity contribution in [3.8, 4) is 0 Å². The molecule has 6 heteroatoms. The Balaban J connectivity index is 1.89. The number of hydrogen-bond acceptors (Lipinski definition) is 2. The molecule has 2 nitrogen and oxygen atoms in total. The minimum absolute atomic E-state index is 0.400. The van der Waals surface area contributed by atoms with Gasteiger partial charge in [0.25, 0.3) is 0 Å². The van der Waals surface area contributed by atoms with Gasteiger partial charge >= 0.3 is 0 Å². The van der Waals surface area contributed by atoms with E-state index in [2.05, 4.69) is 5.32 Å². The maximum Gasteiger partial charge on any atom is 0.242 e. The van der Waals surface area contributed by atoms with Crippen molar-refractivity contribution in [3.05, 3.63) is 95.8 Å². The van der Waals surface area contributed by atoms with Crippen LogP contribution in [0.1, 0.15) is 10.8 Å². The van der Waals surface area contributed by atoms with E-state index in [0.29, 0.717) is 5.56 Å². The Hall–Kier alpha value is -2.73. The Bertz CT molecular complexity index is 904. The molecule has 26 heavy (non-hydrogen) atoms. The van der Waals surface area contributed by atoms with Gasteiger partial charge in [0.15, 0.2) is 17.5 Å². The largest absolute Gasteiger partial charge is 0.322 e. The predicted molar refractivity (Wildman–Crippen MR) is 96.4 cm³/mol. The lowest BCUT2D eigenvalue weighted by atomic mass is 10.1. The average molecular weight is 373 g/mol. The number of thioether (sulfide) groups is 1. The summed E-state index contributed by atoms with van der Waals surface area (Å²) in [5.74, 6) is -4.88. The number of rotatable bonds is 5. The number of halogens is 3. The van der Waals surface area contributed by atoms with Gasteiger partial charge in [0.05, 0.1) is 5.69 Å². The van der Waals surface area contributed by atoms with E-state index in [4.69, 9.17) is 0 Å². The Labute approximate surface area is 153 Å². The van der Waals surface area contributed by atoms with E-state index in [1.807, 2.05) is 36.4 Å². The molecule has 0 saturated heterocycles. The highest BCUT2D eigenvalue weighted by molar-refractivity contribution is 8.00. The van der Waals surface area contributed by atoms with Gasteiger partial charge in [-0.05, 0) is 29.8 Å². The zero-order valence-electron chi connectivity index (χ0n) is 13.5. The van der Waals surface area contributed by atoms with Gasteiger partial charge < -0.3 is 5.32 Å². The Morgan fingerprint density at radius 1 is 0.808 bits per heavy atom. The first kappa shape index (κ1) is 18.1. The van der Waals surface area contributed by atoms with Crippen molar-refractivity contribution >= 4 is 23.4 Å². The van der Waals surface area contributed by atoms with Gasteiger partial charge in [-0.15, -0.1) is 11.8 Å². The third-order valence-corrected chi connectivity index (χ3v) is 4.90. The molecular formula is C20H14F3NOS. The fourth-order valence-corrected chi connectivity index (χ4v) is 3.40. The van der Waals surface area contributed by atoms with Crippen LogP contribution in [-0.2, 0) is 4.79 Å². The number of amides is 1. The number of benzene rings is 3. The molecule has 3 aromatic carbocycles. The lowest BCUT2D eigenvalue weighted by molar-refractivity contribution is -0.115. The topological polar surface area (TPSA) is 29.1 Å². The molecular weight excluding hydrogens is 359 g/mol. The lowest BCUT2D eigenvalue weighted by Gasteiger charge is -2.17. The van der Waals surface area contributed by atoms with Crippen LogP contribution in [-0.4, -0.2) is 5.91 Å². The Morgan fingerprint density at radius 2 is 1.42 bits per heavy atom. The second-order valence-corrected chi connectivity index (χ2v) is 6.61. The third-order valence-electron chi connectivity index (χ3n) is 3.63. The summed E-state index contributed by atoms with van der Waals surface area (Å²) >= 11 is 1.28. The van der Waals surface area contributed by atoms with Crippen LogP contribution in [0.5, 0.6) is 0 Å². The molecule has 0 saturated carbocycles. The first-order chi connectivity index (χ1) is 12.6. The van der Waals surface area contributed by atoms with E-state index in [1.54, 1.807) is 24.3 Å². The van der Waals surface area contributed by atoms with Gasteiger partial charge in [0.1, 0.15) is 5.25 Å². The van der Waals surface area contributed by atoms with Gasteiger partial charge in [-0.3, -0.25) is 4.79 Å². The minimum atomic E-state index is -1.62. The second-order valence-electron chi connectivity index (χ2n) is 5.43. The van der Waals surface area contributed by atoms with Gasteiger partial charge in [-0.25, -0.2) is 13.2 Å². The predicted octanol–water partition coefficient (Wildman–Crippen LogP) is 5.58. The molecule has 0 aliphatic carbocycles. The molecule has 0 spiro atoms. The van der Waals surface area contributed by atoms with Crippen molar-refractivity contribution in [3.63, 3.8) is 0 Å². The standard InChI is InChI=1S/C20H14F3NOS/c21-15-11-12-16(18(23)17(15)22)24-20(25)19(13-7-3-1-4-8-13)26-14-9-5-2-6-10-14/h1-12,19H,(H,24,25). The van der Waals surface area contributed by atoms with Crippen LogP contribution in [0.2, 0.25) is 0 Å². The van der Waals surface area contributed by atoms with Crippen molar-refractivity contribution in [1.29, 1.82) is 0 Å². The molecule has 0 fully saturated rings. The van der Waals surface area contributed by atoms with Crippen LogP contribution in [0, 0.1) is 17.5 Å². The first-order valence-electron chi connectivity index (χ1n) is 7.77. The summed E-state index contributed by atoms with van der Waals surface area (Å²) in [7, 11) is 0. The molecule has 0 heterocycles. The molecule has 3 rings (SSSR count). The molecule has 1 N–H and O–H groups in total. The van der Waals surface area contributed by atoms with Crippen LogP contribution < -0.4 is 5.32 Å². The summed E-state index contributed by atoms with van der Waals surface area (Å²) in [5.41, 5.74) is 0.310. The van der Waals surface area contributed by atoms with Gasteiger partial charge in [-0.1, -0.05) is 48.5 Å². The van der Waals surface area contributed by atoms with Crippen molar-refractivity contribution < 1.29 is 18.0 Å². The van der Waals surface area contributed by atoms with E-state index in [0.717, 1.165) is 17.0 Å². The van der Waals surface area contributed by atoms with Gasteiger partial charge in [0, 0.05) is 4.90 Å². The Morgan fingerprint density at radius 3 is 2.08 bits per heavy atom. The first-order valence-corrected chi connectivity index (χ1v) is 8.65. The van der Waals surface area contributed by atoms with Crippen molar-refractivity contribution in [1.82, 2.24) is 0 Å². The van der Waals surface area contributed by atoms with Crippen LogP contribution in [0.4, 0.5) is 18.9 Å². The molecule has 0 aliphatic heterocycles. The van der Waals surface area contributed by atoms with Crippen LogP contribution >= 0.6 is 11.8 Å². The zero-order valence-corrected chi connectivity index (χ0v) is 14.3. The SMILES string of the molecule is O=C(Nc1ccc(F)c(F)c1F)C(Sc1ccccc1)c1ccccc1. The molecule has 132 valence electrons. The highest BCUT2D eigenvalue weighted by Crippen LogP contribution is 2.36. The lowest BCUT2D eigenvalue weighted by Crippen LogP contribution is -2.20. The highest BCUT2D eigenvalue weighted by Gasteiger charge is 2.24. The number of anilines is 1. The van der Waals surface area contributed by atoms with E-state index in [9.17, 15) is 18.0 Å². The van der Waals surface area contributed by atoms with E-state index >= 15 is 0 Å². The smallest absolute Gasteiger partial charge is 0.242 e. The molecule has 0 bridgehead atoms. The van der Waals surface area contributed by atoms with Crippen LogP contribution in [0.15, 0.2) is 77.7 Å². The van der Waals surface area contributed by atoms with Crippen molar-refractivity contribution in [2.24, 2.45) is 0 Å². The highest BCUT2D eigenvalue weighted by atomic mass is 32.2. The normalized spacial score (nSPS) is 11.8. The van der Waals surface area contributed by atoms with E-state index in [-0.39, 0.29) is 0 Å². The molecule has 1 unspecified atom stereocenters. The molecule has 1 amide bonds. The Kier molecular flexibility index (Phi) is 5.63. The molecule has 1 atom stereocenters. The number of nitrogens with one attached hydrogen (secondary N) is 1. The third kappa shape index (κ3) is 4.08. The minimum Gasteiger partial charge on any atom is -0.322 e. The maximum absolute atomic E-state index is 13.9. The summed E-state index contributed by atoms with van der Waals surface area (Å²) < 4.78 is 40.4. The quantitative estimate of drug-likeness (QED) is 0.467. The van der Waals surface area contributed by atoms with Gasteiger partial charge in [0.2, 0.25) is 5.91 Å². The number of carbonyl (C=O) groups excluding carboxylic acids is 1. The summed E-state index contributed by atoms with van der Waals surface area (Å²) in [5, 5.41) is 1.67. The number of hydrogen-bond donors (Lipinski definition) is 1. The summed E-state index contributed by atoms with van der Waals surface area (Å²) in [6.07, 6.45) is 0. The molecule has 3 aromatic rings. The zero-order chi connectivity index (χ0) is 18.5. The fraction of sp³-hybridized carbons (Fsp3) is 0.0500. The maximum atomic E-state index is 13.9. The summed E-state index contributed by atoms with van der Waals surface area (Å²) in [6.45, 7) is 0. The second kappa shape index (κ2) is 8.10. The number of carbonyl (C=O) groups is 1. The van der Waals surface area contributed by atoms with Crippen LogP contribution in [0.25, 0.3) is 0 Å². The van der Waals surface area contributed by atoms with Crippen molar-refractivity contribution in [2.45, 2.75) is 10.1 Å². The van der Waals surface area contributed by atoms with Crippen molar-refractivity contribution in [2.75, 3.05) is 5.32 Å². The van der Waals surface area contributed by atoms with E-state index in [1.165, 1.54) is 11.8 Å². The molecule has 0 radical (unpaired) electrons. The van der Waals surface area contributed by atoms with Crippen LogP contribution in [0.3, 0.4) is 0 Å². The summed E-state index contributed by atoms with van der Waals surface area (Å²) in [4.78, 5) is 13.6. The molecule has 0 aromatic heterocycles. The monoisotopic (exact) mass is 373 g/mol. The van der Waals surface area contributed by atoms with Gasteiger partial charge in [-0.2, -0.15) is 0 Å². The summed E-state index contributed by atoms with van der Waals surface area (Å²) in [6, 6.07) is 20.0. The average Bonchev–Trinajstić information content (AvgIpc) is 2.68. The van der Waals surface area contributed by atoms with E-state index < -0.39 is 34.3 Å². The fourth-order valence-electron chi connectivity index (χ4n) is 2.36.